The summed E-state index contributed by atoms with van der Waals surface area (Å²) in [7, 11) is 1.38. The molecule has 20 heavy (non-hydrogen) atoms. The van der Waals surface area contributed by atoms with Crippen LogP contribution in [0, 0.1) is 0 Å². The van der Waals surface area contributed by atoms with Crippen LogP contribution in [-0.2, 0) is 10.8 Å². The molecule has 0 aliphatic heterocycles. The Labute approximate surface area is 125 Å². The minimum Gasteiger partial charge on any atom is -0.0682 e. The van der Waals surface area contributed by atoms with Gasteiger partial charge >= 0.3 is 0 Å². The molecule has 0 unspecified atom stereocenters. The van der Waals surface area contributed by atoms with E-state index < -0.39 is 0 Å². The number of rotatable bonds is 1. The van der Waals surface area contributed by atoms with E-state index in [0.29, 0.717) is 0 Å². The highest BCUT2D eigenvalue weighted by Gasteiger charge is 2.21. The van der Waals surface area contributed by atoms with E-state index in [-0.39, 0.29) is 10.8 Å². The van der Waals surface area contributed by atoms with Crippen LogP contribution in [0.15, 0.2) is 42.5 Å². The molecule has 1 heterocycles. The van der Waals surface area contributed by atoms with Crippen molar-refractivity contribution in [3.63, 3.8) is 0 Å². The Hall–Kier alpha value is -1.13. The lowest BCUT2D eigenvalue weighted by molar-refractivity contribution is 0.594. The van der Waals surface area contributed by atoms with Gasteiger partial charge in [-0.25, -0.2) is 0 Å². The molecule has 2 rings (SSSR count). The zero-order valence-corrected chi connectivity index (χ0v) is 14.4. The minimum atomic E-state index is 0.215. The molecule has 0 bridgehead atoms. The molecule has 0 amide bonds. The van der Waals surface area contributed by atoms with E-state index in [1.807, 2.05) is 0 Å². The van der Waals surface area contributed by atoms with Gasteiger partial charge in [-0.3, -0.25) is 0 Å². The van der Waals surface area contributed by atoms with Crippen LogP contribution >= 0.6 is 8.19 Å². The largest absolute Gasteiger partial charge is 0.0682 e. The van der Waals surface area contributed by atoms with Crippen molar-refractivity contribution in [2.45, 2.75) is 52.4 Å². The zero-order valence-electron chi connectivity index (χ0n) is 13.5. The van der Waals surface area contributed by atoms with Crippen molar-refractivity contribution in [3.05, 3.63) is 53.1 Å². The summed E-state index contributed by atoms with van der Waals surface area (Å²) in [5.41, 5.74) is 3.09. The number of benzene rings is 1. The van der Waals surface area contributed by atoms with Crippen molar-refractivity contribution in [2.75, 3.05) is 0 Å². The first kappa shape index (κ1) is 15.3. The molecular weight excluding hydrogens is 259 g/mol. The van der Waals surface area contributed by atoms with Gasteiger partial charge in [0.1, 0.15) is 0 Å². The Balaban J connectivity index is 2.64. The fourth-order valence-corrected chi connectivity index (χ4v) is 3.43. The molecule has 0 saturated carbocycles. The molecule has 0 spiro atoms. The van der Waals surface area contributed by atoms with Crippen molar-refractivity contribution < 1.29 is 0 Å². The molecule has 1 heteroatoms. The fourth-order valence-electron chi connectivity index (χ4n) is 2.10. The molecule has 0 aliphatic rings. The van der Waals surface area contributed by atoms with Gasteiger partial charge < -0.3 is 0 Å². The van der Waals surface area contributed by atoms with Crippen molar-refractivity contribution in [2.24, 2.45) is 0 Å². The third-order valence-electron chi connectivity index (χ3n) is 3.47. The van der Waals surface area contributed by atoms with Crippen LogP contribution in [0.4, 0.5) is 0 Å². The molecule has 0 radical (unpaired) electrons. The van der Waals surface area contributed by atoms with Crippen LogP contribution in [0.25, 0.3) is 11.1 Å². The Morgan fingerprint density at radius 1 is 0.650 bits per heavy atom. The van der Waals surface area contributed by atoms with E-state index in [2.05, 4.69) is 84.0 Å². The van der Waals surface area contributed by atoms with E-state index in [4.69, 9.17) is 0 Å². The second kappa shape index (κ2) is 5.34. The second-order valence-corrected chi connectivity index (χ2v) is 8.68. The van der Waals surface area contributed by atoms with Crippen molar-refractivity contribution in [1.82, 2.24) is 0 Å². The average molecular weight is 284 g/mol. The normalized spacial score (nSPS) is 12.5. The van der Waals surface area contributed by atoms with Crippen molar-refractivity contribution in [3.8, 4) is 11.1 Å². The summed E-state index contributed by atoms with van der Waals surface area (Å²) in [4.78, 5) is 0. The van der Waals surface area contributed by atoms with Gasteiger partial charge in [0, 0.05) is 0 Å². The quantitative estimate of drug-likeness (QED) is 0.558. The topological polar surface area (TPSA) is 0 Å². The highest BCUT2D eigenvalue weighted by atomic mass is 31.0. The maximum Gasteiger partial charge on any atom is -0.00881 e. The maximum absolute atomic E-state index is 2.38. The standard InChI is InChI=1S/C19H25P/c1-18(2,3)16-12-15(14-10-8-7-9-11-14)13-17(20-16)19(4,5)6/h7-13H,1-6H3. The summed E-state index contributed by atoms with van der Waals surface area (Å²) in [5, 5.41) is 3.01. The van der Waals surface area contributed by atoms with E-state index >= 15 is 0 Å². The lowest BCUT2D eigenvalue weighted by atomic mass is 9.90. The summed E-state index contributed by atoms with van der Waals surface area (Å²) in [6.07, 6.45) is 0. The van der Waals surface area contributed by atoms with E-state index in [9.17, 15) is 0 Å². The number of hydrogen-bond acceptors (Lipinski definition) is 0. The van der Waals surface area contributed by atoms with E-state index in [1.165, 1.54) is 29.9 Å². The predicted octanol–water partition coefficient (Wildman–Crippen LogP) is 6.53. The van der Waals surface area contributed by atoms with Crippen LogP contribution in [0.1, 0.15) is 52.1 Å². The summed E-state index contributed by atoms with van der Waals surface area (Å²) in [6, 6.07) is 15.5. The van der Waals surface area contributed by atoms with Crippen LogP contribution < -0.4 is 0 Å². The van der Waals surface area contributed by atoms with Gasteiger partial charge in [-0.1, -0.05) is 80.1 Å². The summed E-state index contributed by atoms with van der Waals surface area (Å²) in [6.45, 7) is 13.8. The monoisotopic (exact) mass is 284 g/mol. The second-order valence-electron chi connectivity index (χ2n) is 7.49. The molecule has 1 aromatic carbocycles. The Kier molecular flexibility index (Phi) is 4.07. The van der Waals surface area contributed by atoms with Crippen LogP contribution in [0.2, 0.25) is 0 Å². The minimum absolute atomic E-state index is 0.215. The molecule has 1 aromatic heterocycles. The zero-order chi connectivity index (χ0) is 15.0. The van der Waals surface area contributed by atoms with Crippen molar-refractivity contribution in [1.29, 1.82) is 0 Å². The summed E-state index contributed by atoms with van der Waals surface area (Å²) >= 11 is 0. The Bertz CT molecular complexity index is 551. The highest BCUT2D eigenvalue weighted by Crippen LogP contribution is 2.40. The molecule has 0 nitrogen and oxygen atoms in total. The van der Waals surface area contributed by atoms with Gasteiger partial charge in [0.05, 0.1) is 0 Å². The number of hydrogen-bond donors (Lipinski definition) is 0. The van der Waals surface area contributed by atoms with Crippen LogP contribution in [-0.4, -0.2) is 0 Å². The van der Waals surface area contributed by atoms with E-state index in [0.717, 1.165) is 0 Å². The fraction of sp³-hybridized carbons (Fsp3) is 0.421. The smallest absolute Gasteiger partial charge is 0.00881 e. The van der Waals surface area contributed by atoms with Gasteiger partial charge in [-0.05, 0) is 44.7 Å². The maximum atomic E-state index is 2.38. The Morgan fingerprint density at radius 2 is 1.10 bits per heavy atom. The third-order valence-corrected chi connectivity index (χ3v) is 5.55. The molecule has 2 aromatic rings. The lowest BCUT2D eigenvalue weighted by Gasteiger charge is -2.25. The summed E-state index contributed by atoms with van der Waals surface area (Å²) in [5.74, 6) is 0. The lowest BCUT2D eigenvalue weighted by Crippen LogP contribution is -2.13. The first-order valence-electron chi connectivity index (χ1n) is 7.26. The molecule has 106 valence electrons. The first-order chi connectivity index (χ1) is 9.18. The van der Waals surface area contributed by atoms with Crippen LogP contribution in [0.5, 0.6) is 0 Å². The Morgan fingerprint density at radius 3 is 1.50 bits per heavy atom. The highest BCUT2D eigenvalue weighted by molar-refractivity contribution is 7.32. The molecular formula is C19H25P. The van der Waals surface area contributed by atoms with Gasteiger partial charge in [0.25, 0.3) is 0 Å². The van der Waals surface area contributed by atoms with Gasteiger partial charge in [-0.2, -0.15) is 0 Å². The van der Waals surface area contributed by atoms with Crippen LogP contribution in [0.3, 0.4) is 0 Å². The predicted molar refractivity (Wildman–Crippen MR) is 91.8 cm³/mol. The molecule has 0 N–H and O–H groups in total. The third kappa shape index (κ3) is 3.49. The molecule has 0 saturated heterocycles. The van der Waals surface area contributed by atoms with Gasteiger partial charge in [0.2, 0.25) is 0 Å². The van der Waals surface area contributed by atoms with Gasteiger partial charge in [-0.15, -0.1) is 0 Å². The first-order valence-corrected chi connectivity index (χ1v) is 8.16. The average Bonchev–Trinajstić information content (AvgIpc) is 2.37. The van der Waals surface area contributed by atoms with E-state index in [1.54, 1.807) is 0 Å². The molecule has 0 fully saturated rings. The SMILES string of the molecule is CC(C)(C)c1cc(-c2ccccc2)cc(C(C)(C)C)p1. The summed E-state index contributed by atoms with van der Waals surface area (Å²) < 4.78 is 0. The van der Waals surface area contributed by atoms with Gasteiger partial charge in [0.15, 0.2) is 0 Å². The molecule has 0 atom stereocenters. The molecule has 0 aliphatic carbocycles. The van der Waals surface area contributed by atoms with Crippen molar-refractivity contribution >= 4 is 8.19 Å².